The Morgan fingerprint density at radius 2 is 2.12 bits per heavy atom. The molecule has 0 radical (unpaired) electrons. The third-order valence-corrected chi connectivity index (χ3v) is 3.31. The molecule has 0 saturated carbocycles. The van der Waals surface area contributed by atoms with E-state index >= 15 is 0 Å². The molecule has 4 nitrogen and oxygen atoms in total. The van der Waals surface area contributed by atoms with Crippen LogP contribution in [0.4, 0.5) is 5.13 Å². The summed E-state index contributed by atoms with van der Waals surface area (Å²) in [4.78, 5) is 5.47. The van der Waals surface area contributed by atoms with Crippen molar-refractivity contribution in [3.05, 3.63) is 40.4 Å². The van der Waals surface area contributed by atoms with Crippen LogP contribution in [0.1, 0.15) is 16.1 Å². The summed E-state index contributed by atoms with van der Waals surface area (Å²) in [7, 11) is 0. The van der Waals surface area contributed by atoms with Gasteiger partial charge in [-0.25, -0.2) is 4.98 Å². The Morgan fingerprint density at radius 1 is 1.35 bits per heavy atom. The van der Waals surface area contributed by atoms with Gasteiger partial charge in [-0.05, 0) is 26.0 Å². The largest absolute Gasteiger partial charge is 0.507 e. The predicted molar refractivity (Wildman–Crippen MR) is 70.9 cm³/mol. The highest BCUT2D eigenvalue weighted by molar-refractivity contribution is 7.15. The molecule has 0 aliphatic rings. The van der Waals surface area contributed by atoms with E-state index in [9.17, 15) is 5.11 Å². The number of phenols is 1. The van der Waals surface area contributed by atoms with Crippen LogP contribution in [0.15, 0.2) is 29.4 Å². The van der Waals surface area contributed by atoms with Crippen molar-refractivity contribution in [1.82, 2.24) is 4.98 Å². The highest BCUT2D eigenvalue weighted by Crippen LogP contribution is 2.21. The Bertz CT molecular complexity index is 529. The van der Waals surface area contributed by atoms with Crippen molar-refractivity contribution in [2.24, 2.45) is 5.10 Å². The van der Waals surface area contributed by atoms with Gasteiger partial charge in [0, 0.05) is 10.4 Å². The smallest absolute Gasteiger partial charge is 0.203 e. The van der Waals surface area contributed by atoms with Crippen LogP contribution in [0.3, 0.4) is 0 Å². The lowest BCUT2D eigenvalue weighted by atomic mass is 10.2. The van der Waals surface area contributed by atoms with Gasteiger partial charge in [-0.15, -0.1) is 11.3 Å². The van der Waals surface area contributed by atoms with Crippen molar-refractivity contribution < 1.29 is 5.11 Å². The molecule has 0 fully saturated rings. The number of aryl methyl sites for hydroxylation is 2. The van der Waals surface area contributed by atoms with Gasteiger partial charge in [0.25, 0.3) is 0 Å². The minimum absolute atomic E-state index is 0.213. The van der Waals surface area contributed by atoms with Crippen LogP contribution in [-0.4, -0.2) is 16.3 Å². The van der Waals surface area contributed by atoms with Crippen molar-refractivity contribution in [2.75, 3.05) is 5.43 Å². The molecule has 5 heteroatoms. The number of aromatic nitrogens is 1. The fourth-order valence-electron chi connectivity index (χ4n) is 1.27. The average Bonchev–Trinajstić information content (AvgIpc) is 2.61. The predicted octanol–water partition coefficient (Wildman–Crippen LogP) is 2.91. The van der Waals surface area contributed by atoms with Crippen molar-refractivity contribution in [3.8, 4) is 5.75 Å². The van der Waals surface area contributed by atoms with Crippen molar-refractivity contribution >= 4 is 22.7 Å². The molecule has 2 N–H and O–H groups in total. The van der Waals surface area contributed by atoms with E-state index in [1.807, 2.05) is 19.9 Å². The summed E-state index contributed by atoms with van der Waals surface area (Å²) in [6, 6.07) is 7.03. The van der Waals surface area contributed by atoms with Crippen LogP contribution in [0.2, 0.25) is 0 Å². The molecule has 0 aliphatic heterocycles. The molecule has 0 saturated heterocycles. The Kier molecular flexibility index (Phi) is 3.39. The van der Waals surface area contributed by atoms with Crippen LogP contribution in [0.5, 0.6) is 5.75 Å². The van der Waals surface area contributed by atoms with Gasteiger partial charge in [0.1, 0.15) is 5.75 Å². The van der Waals surface area contributed by atoms with Gasteiger partial charge in [0.05, 0.1) is 11.9 Å². The number of rotatable bonds is 3. The third kappa shape index (κ3) is 2.82. The zero-order valence-corrected chi connectivity index (χ0v) is 10.5. The molecule has 2 aromatic rings. The summed E-state index contributed by atoms with van der Waals surface area (Å²) in [6.07, 6.45) is 1.57. The second-order valence-corrected chi connectivity index (χ2v) is 4.79. The van der Waals surface area contributed by atoms with E-state index in [0.717, 1.165) is 10.8 Å². The maximum absolute atomic E-state index is 9.52. The van der Waals surface area contributed by atoms with E-state index in [1.54, 1.807) is 35.8 Å². The molecule has 0 aliphatic carbocycles. The van der Waals surface area contributed by atoms with Crippen LogP contribution >= 0.6 is 11.3 Å². The number of thiazole rings is 1. The number of benzene rings is 1. The number of anilines is 1. The second kappa shape index (κ2) is 4.97. The van der Waals surface area contributed by atoms with Gasteiger partial charge in [-0.1, -0.05) is 12.1 Å². The number of hydrogen-bond acceptors (Lipinski definition) is 5. The van der Waals surface area contributed by atoms with E-state index < -0.39 is 0 Å². The highest BCUT2D eigenvalue weighted by Gasteiger charge is 2.01. The quantitative estimate of drug-likeness (QED) is 0.647. The second-order valence-electron chi connectivity index (χ2n) is 3.59. The molecule has 17 heavy (non-hydrogen) atoms. The molecule has 0 unspecified atom stereocenters. The molecule has 88 valence electrons. The fourth-order valence-corrected chi connectivity index (χ4v) is 2.04. The molecule has 1 aromatic heterocycles. The van der Waals surface area contributed by atoms with E-state index in [4.69, 9.17) is 0 Å². The van der Waals surface area contributed by atoms with Crippen molar-refractivity contribution in [1.29, 1.82) is 0 Å². The monoisotopic (exact) mass is 247 g/mol. The third-order valence-electron chi connectivity index (χ3n) is 2.33. The Balaban J connectivity index is 2.05. The topological polar surface area (TPSA) is 57.5 Å². The number of nitrogens with one attached hydrogen (secondary N) is 1. The minimum atomic E-state index is 0.213. The van der Waals surface area contributed by atoms with E-state index in [2.05, 4.69) is 15.5 Å². The first-order valence-corrected chi connectivity index (χ1v) is 5.99. The zero-order chi connectivity index (χ0) is 12.3. The van der Waals surface area contributed by atoms with Gasteiger partial charge >= 0.3 is 0 Å². The minimum Gasteiger partial charge on any atom is -0.507 e. The molecule has 0 amide bonds. The molecular weight excluding hydrogens is 234 g/mol. The number of hydrazone groups is 1. The zero-order valence-electron chi connectivity index (χ0n) is 9.64. The van der Waals surface area contributed by atoms with Crippen molar-refractivity contribution in [3.63, 3.8) is 0 Å². The summed E-state index contributed by atoms with van der Waals surface area (Å²) in [5, 5.41) is 14.3. The van der Waals surface area contributed by atoms with Crippen LogP contribution in [0.25, 0.3) is 0 Å². The molecule has 1 heterocycles. The summed E-state index contributed by atoms with van der Waals surface area (Å²) >= 11 is 1.56. The van der Waals surface area contributed by atoms with Crippen molar-refractivity contribution in [2.45, 2.75) is 13.8 Å². The number of para-hydroxylation sites is 1. The summed E-state index contributed by atoms with van der Waals surface area (Å²) in [5.74, 6) is 0.213. The molecule has 1 aromatic carbocycles. The lowest BCUT2D eigenvalue weighted by Gasteiger charge is -1.96. The maximum Gasteiger partial charge on any atom is 0.203 e. The maximum atomic E-state index is 9.52. The van der Waals surface area contributed by atoms with Gasteiger partial charge in [0.2, 0.25) is 5.13 Å². The number of hydrogen-bond donors (Lipinski definition) is 2. The molecule has 0 spiro atoms. The van der Waals surface area contributed by atoms with E-state index in [-0.39, 0.29) is 5.75 Å². The van der Waals surface area contributed by atoms with Gasteiger partial charge < -0.3 is 5.11 Å². The number of aromatic hydroxyl groups is 1. The Hall–Kier alpha value is -1.88. The summed E-state index contributed by atoms with van der Waals surface area (Å²) in [5.41, 5.74) is 4.53. The van der Waals surface area contributed by atoms with Crippen LogP contribution in [0, 0.1) is 13.8 Å². The number of nitrogens with zero attached hydrogens (tertiary/aromatic N) is 2. The molecule has 0 bridgehead atoms. The fraction of sp³-hybridized carbons (Fsp3) is 0.167. The highest BCUT2D eigenvalue weighted by atomic mass is 32.1. The Labute approximate surface area is 104 Å². The Morgan fingerprint density at radius 3 is 2.76 bits per heavy atom. The molecule has 2 rings (SSSR count). The lowest BCUT2D eigenvalue weighted by molar-refractivity contribution is 0.474. The normalized spacial score (nSPS) is 10.9. The lowest BCUT2D eigenvalue weighted by Crippen LogP contribution is -1.90. The van der Waals surface area contributed by atoms with Gasteiger partial charge in [0.15, 0.2) is 0 Å². The van der Waals surface area contributed by atoms with Gasteiger partial charge in [-0.3, -0.25) is 5.43 Å². The van der Waals surface area contributed by atoms with E-state index in [1.165, 1.54) is 4.88 Å². The van der Waals surface area contributed by atoms with Crippen LogP contribution in [-0.2, 0) is 0 Å². The first kappa shape index (κ1) is 11.6. The van der Waals surface area contributed by atoms with E-state index in [0.29, 0.717) is 5.56 Å². The van der Waals surface area contributed by atoms with Crippen LogP contribution < -0.4 is 5.43 Å². The number of phenolic OH excluding ortho intramolecular Hbond substituents is 1. The summed E-state index contributed by atoms with van der Waals surface area (Å²) in [6.45, 7) is 3.98. The molecule has 0 atom stereocenters. The average molecular weight is 247 g/mol. The SMILES string of the molecule is Cc1nc(NN=Cc2ccccc2O)sc1C. The standard InChI is InChI=1S/C12H13N3OS/c1-8-9(2)17-12(14-8)15-13-7-10-5-3-4-6-11(10)16/h3-7,16H,1-2H3,(H,14,15). The molecular formula is C12H13N3OS. The summed E-state index contributed by atoms with van der Waals surface area (Å²) < 4.78 is 0. The first-order chi connectivity index (χ1) is 8.16. The first-order valence-electron chi connectivity index (χ1n) is 5.18. The van der Waals surface area contributed by atoms with Gasteiger partial charge in [-0.2, -0.15) is 5.10 Å².